The van der Waals surface area contributed by atoms with Crippen LogP contribution in [0.5, 0.6) is 0 Å². The van der Waals surface area contributed by atoms with E-state index in [1.807, 2.05) is 0 Å². The number of primary amides is 1. The fraction of sp³-hybridized carbons (Fsp3) is 0.500. The summed E-state index contributed by atoms with van der Waals surface area (Å²) in [7, 11) is 1.75. The smallest absolute Gasteiger partial charge is 0.372 e. The number of benzene rings is 1. The van der Waals surface area contributed by atoms with Crippen molar-refractivity contribution in [1.82, 2.24) is 5.32 Å². The minimum Gasteiger partial charge on any atom is -0.372 e. The molecular weight excluding hydrogens is 283 g/mol. The number of anilines is 1. The quantitative estimate of drug-likeness (QED) is 0.894. The molecule has 1 unspecified atom stereocenters. The number of halogens is 3. The number of hydrogen-bond donors (Lipinski definition) is 2. The molecule has 0 bridgehead atoms. The minimum absolute atomic E-state index is 0.106. The van der Waals surface area contributed by atoms with E-state index in [2.05, 4.69) is 5.32 Å². The van der Waals surface area contributed by atoms with Gasteiger partial charge in [-0.2, -0.15) is 13.2 Å². The van der Waals surface area contributed by atoms with E-state index in [0.29, 0.717) is 12.2 Å². The maximum Gasteiger partial charge on any atom is 0.416 e. The van der Waals surface area contributed by atoms with Crippen molar-refractivity contribution in [2.45, 2.75) is 25.1 Å². The zero-order chi connectivity index (χ0) is 15.6. The van der Waals surface area contributed by atoms with Crippen molar-refractivity contribution in [3.63, 3.8) is 0 Å². The van der Waals surface area contributed by atoms with Crippen LogP contribution in [-0.2, 0) is 6.18 Å². The van der Waals surface area contributed by atoms with Crippen molar-refractivity contribution < 1.29 is 18.0 Å². The molecule has 3 N–H and O–H groups in total. The summed E-state index contributed by atoms with van der Waals surface area (Å²) < 4.78 is 38.1. The number of carbonyl (C=O) groups is 1. The molecule has 1 heterocycles. The third-order valence-corrected chi connectivity index (χ3v) is 3.66. The normalized spacial score (nSPS) is 18.8. The Labute approximate surface area is 121 Å². The van der Waals surface area contributed by atoms with E-state index >= 15 is 0 Å². The molecule has 0 aromatic heterocycles. The Morgan fingerprint density at radius 2 is 2.19 bits per heavy atom. The van der Waals surface area contributed by atoms with Crippen molar-refractivity contribution in [3.8, 4) is 0 Å². The van der Waals surface area contributed by atoms with Crippen LogP contribution in [0.3, 0.4) is 0 Å². The van der Waals surface area contributed by atoms with Crippen molar-refractivity contribution in [3.05, 3.63) is 29.3 Å². The van der Waals surface area contributed by atoms with Gasteiger partial charge in [-0.15, -0.1) is 0 Å². The molecule has 0 saturated carbocycles. The molecular formula is C14H18F3N3O. The van der Waals surface area contributed by atoms with Gasteiger partial charge in [-0.3, -0.25) is 4.79 Å². The van der Waals surface area contributed by atoms with Crippen LogP contribution in [0.1, 0.15) is 28.8 Å². The molecule has 1 aromatic carbocycles. The maximum atomic E-state index is 12.7. The molecule has 7 heteroatoms. The van der Waals surface area contributed by atoms with Gasteiger partial charge in [0.1, 0.15) is 0 Å². The Kier molecular flexibility index (Phi) is 4.41. The van der Waals surface area contributed by atoms with E-state index in [4.69, 9.17) is 5.73 Å². The number of hydrogen-bond acceptors (Lipinski definition) is 3. The summed E-state index contributed by atoms with van der Waals surface area (Å²) in [5.41, 5.74) is 4.67. The molecule has 0 spiro atoms. The Hall–Kier alpha value is -1.76. The van der Waals surface area contributed by atoms with Gasteiger partial charge in [-0.05, 0) is 37.6 Å². The molecule has 0 radical (unpaired) electrons. The monoisotopic (exact) mass is 301 g/mol. The SMILES string of the molecule is CN(CC1CCCN1)c1ccc(C(F)(F)F)cc1C(N)=O. The van der Waals surface area contributed by atoms with E-state index in [9.17, 15) is 18.0 Å². The molecule has 4 nitrogen and oxygen atoms in total. The highest BCUT2D eigenvalue weighted by Gasteiger charge is 2.32. The molecule has 0 aliphatic carbocycles. The van der Waals surface area contributed by atoms with Gasteiger partial charge in [0.05, 0.1) is 11.1 Å². The lowest BCUT2D eigenvalue weighted by Gasteiger charge is -2.25. The first-order valence-electron chi connectivity index (χ1n) is 6.74. The number of nitrogens with one attached hydrogen (secondary N) is 1. The van der Waals surface area contributed by atoms with Gasteiger partial charge in [0.15, 0.2) is 0 Å². The summed E-state index contributed by atoms with van der Waals surface area (Å²) in [5, 5.41) is 3.30. The molecule has 1 aliphatic heterocycles. The third-order valence-electron chi connectivity index (χ3n) is 3.66. The molecule has 116 valence electrons. The molecule has 1 aromatic rings. The molecule has 21 heavy (non-hydrogen) atoms. The highest BCUT2D eigenvalue weighted by Crippen LogP contribution is 2.32. The van der Waals surface area contributed by atoms with Crippen molar-refractivity contribution >= 4 is 11.6 Å². The number of amides is 1. The Balaban J connectivity index is 2.27. The Morgan fingerprint density at radius 1 is 1.48 bits per heavy atom. The fourth-order valence-corrected chi connectivity index (χ4v) is 2.58. The molecule has 1 amide bonds. The number of nitrogens with zero attached hydrogens (tertiary/aromatic N) is 1. The third kappa shape index (κ3) is 3.66. The lowest BCUT2D eigenvalue weighted by Crippen LogP contribution is -2.36. The molecule has 2 rings (SSSR count). The molecule has 1 saturated heterocycles. The first-order chi connectivity index (χ1) is 9.79. The Bertz CT molecular complexity index is 525. The summed E-state index contributed by atoms with van der Waals surface area (Å²) in [4.78, 5) is 13.2. The van der Waals surface area contributed by atoms with Crippen LogP contribution in [0.15, 0.2) is 18.2 Å². The number of alkyl halides is 3. The number of nitrogens with two attached hydrogens (primary N) is 1. The van der Waals surface area contributed by atoms with Gasteiger partial charge in [0, 0.05) is 25.3 Å². The number of rotatable bonds is 4. The highest BCUT2D eigenvalue weighted by molar-refractivity contribution is 5.98. The molecule has 1 atom stereocenters. The van der Waals surface area contributed by atoms with E-state index < -0.39 is 17.6 Å². The number of likely N-dealkylation sites (N-methyl/N-ethyl adjacent to an activating group) is 1. The van der Waals surface area contributed by atoms with Crippen LogP contribution in [-0.4, -0.2) is 32.1 Å². The summed E-state index contributed by atoms with van der Waals surface area (Å²) in [6.07, 6.45) is -2.40. The van der Waals surface area contributed by atoms with E-state index in [0.717, 1.165) is 31.5 Å². The van der Waals surface area contributed by atoms with Gasteiger partial charge >= 0.3 is 6.18 Å². The zero-order valence-corrected chi connectivity index (χ0v) is 11.7. The summed E-state index contributed by atoms with van der Waals surface area (Å²) in [6, 6.07) is 3.37. The Morgan fingerprint density at radius 3 is 2.71 bits per heavy atom. The predicted octanol–water partition coefficient (Wildman–Crippen LogP) is 1.99. The van der Waals surface area contributed by atoms with Crippen LogP contribution >= 0.6 is 0 Å². The van der Waals surface area contributed by atoms with Gasteiger partial charge in [-0.1, -0.05) is 0 Å². The van der Waals surface area contributed by atoms with E-state index in [1.54, 1.807) is 11.9 Å². The molecule has 1 fully saturated rings. The van der Waals surface area contributed by atoms with Gasteiger partial charge in [0.25, 0.3) is 5.91 Å². The van der Waals surface area contributed by atoms with Gasteiger partial charge < -0.3 is 16.0 Å². The topological polar surface area (TPSA) is 58.4 Å². The lowest BCUT2D eigenvalue weighted by atomic mass is 10.1. The second-order valence-corrected chi connectivity index (χ2v) is 5.27. The minimum atomic E-state index is -4.49. The van der Waals surface area contributed by atoms with Crippen LogP contribution in [0.4, 0.5) is 18.9 Å². The van der Waals surface area contributed by atoms with Crippen LogP contribution in [0, 0.1) is 0 Å². The zero-order valence-electron chi connectivity index (χ0n) is 11.7. The average Bonchev–Trinajstić information content (AvgIpc) is 2.89. The number of carbonyl (C=O) groups excluding carboxylic acids is 1. The first-order valence-corrected chi connectivity index (χ1v) is 6.74. The first kappa shape index (κ1) is 15.6. The van der Waals surface area contributed by atoms with Crippen molar-refractivity contribution in [2.75, 3.05) is 25.0 Å². The van der Waals surface area contributed by atoms with Crippen LogP contribution < -0.4 is 16.0 Å². The van der Waals surface area contributed by atoms with E-state index in [1.165, 1.54) is 6.07 Å². The summed E-state index contributed by atoms with van der Waals surface area (Å²) in [5.74, 6) is -0.859. The van der Waals surface area contributed by atoms with Gasteiger partial charge in [-0.25, -0.2) is 0 Å². The summed E-state index contributed by atoms with van der Waals surface area (Å²) in [6.45, 7) is 1.56. The van der Waals surface area contributed by atoms with Gasteiger partial charge in [0.2, 0.25) is 0 Å². The fourth-order valence-electron chi connectivity index (χ4n) is 2.58. The molecule has 1 aliphatic rings. The highest BCUT2D eigenvalue weighted by atomic mass is 19.4. The van der Waals surface area contributed by atoms with Crippen LogP contribution in [0.2, 0.25) is 0 Å². The van der Waals surface area contributed by atoms with Crippen molar-refractivity contribution in [2.24, 2.45) is 5.73 Å². The lowest BCUT2D eigenvalue weighted by molar-refractivity contribution is -0.137. The standard InChI is InChI=1S/C14H18F3N3O/c1-20(8-10-3-2-6-19-10)12-5-4-9(14(15,16)17)7-11(12)13(18)21/h4-5,7,10,19H,2-3,6,8H2,1H3,(H2,18,21). The average molecular weight is 301 g/mol. The van der Waals surface area contributed by atoms with Crippen LogP contribution in [0.25, 0.3) is 0 Å². The van der Waals surface area contributed by atoms with Crippen molar-refractivity contribution in [1.29, 1.82) is 0 Å². The van der Waals surface area contributed by atoms with E-state index in [-0.39, 0.29) is 11.6 Å². The summed E-state index contributed by atoms with van der Waals surface area (Å²) >= 11 is 0. The predicted molar refractivity (Wildman–Crippen MR) is 74.3 cm³/mol. The second kappa shape index (κ2) is 5.93. The second-order valence-electron chi connectivity index (χ2n) is 5.27. The maximum absolute atomic E-state index is 12.7. The largest absolute Gasteiger partial charge is 0.416 e.